The van der Waals surface area contributed by atoms with Gasteiger partial charge in [-0.15, -0.1) is 0 Å². The van der Waals surface area contributed by atoms with Gasteiger partial charge in [0, 0.05) is 17.3 Å². The molecule has 0 radical (unpaired) electrons. The lowest BCUT2D eigenvalue weighted by Crippen LogP contribution is -2.20. The molecular weight excluding hydrogens is 314 g/mol. The number of carbonyl (C=O) groups is 1. The van der Waals surface area contributed by atoms with Gasteiger partial charge in [0.25, 0.3) is 0 Å². The molecule has 1 rings (SSSR count). The summed E-state index contributed by atoms with van der Waals surface area (Å²) < 4.78 is 0. The first-order valence-electron chi connectivity index (χ1n) is 8.87. The molecule has 1 atom stereocenters. The Hall–Kier alpha value is -1.84. The Kier molecular flexibility index (Phi) is 6.44. The minimum Gasteiger partial charge on any atom is -0.507 e. The highest BCUT2D eigenvalue weighted by atomic mass is 16.4. The first-order chi connectivity index (χ1) is 11.2. The number of hydrogen-bond acceptors (Lipinski definition) is 3. The van der Waals surface area contributed by atoms with Crippen molar-refractivity contribution in [3.8, 4) is 5.75 Å². The van der Waals surface area contributed by atoms with E-state index in [-0.39, 0.29) is 22.5 Å². The maximum absolute atomic E-state index is 11.4. The molecule has 4 heteroatoms. The van der Waals surface area contributed by atoms with Gasteiger partial charge in [-0.3, -0.25) is 4.99 Å². The number of phenolic OH excluding ortho intramolecular Hbond substituents is 1. The van der Waals surface area contributed by atoms with Crippen LogP contribution in [0.15, 0.2) is 17.1 Å². The van der Waals surface area contributed by atoms with E-state index in [2.05, 4.69) is 25.8 Å². The van der Waals surface area contributed by atoms with Gasteiger partial charge in [0.2, 0.25) is 0 Å². The SMILES string of the molecule is CC(C)C[C@H](N=Cc1cc(C(C)(C)C)cc(C(C)(C)C)c1O)C(=O)O. The molecule has 0 aromatic heterocycles. The molecule has 0 fully saturated rings. The summed E-state index contributed by atoms with van der Waals surface area (Å²) in [5.41, 5.74) is 2.20. The van der Waals surface area contributed by atoms with Gasteiger partial charge >= 0.3 is 5.97 Å². The van der Waals surface area contributed by atoms with Crippen molar-refractivity contribution in [2.75, 3.05) is 0 Å². The molecule has 1 aromatic rings. The summed E-state index contributed by atoms with van der Waals surface area (Å²) in [5, 5.41) is 20.1. The minimum absolute atomic E-state index is 0.0829. The number of carboxylic acid groups (broad SMARTS) is 1. The van der Waals surface area contributed by atoms with Gasteiger partial charge in [0.05, 0.1) is 0 Å². The number of nitrogens with zero attached hydrogens (tertiary/aromatic N) is 1. The lowest BCUT2D eigenvalue weighted by molar-refractivity contribution is -0.138. The Bertz CT molecular complexity index is 646. The van der Waals surface area contributed by atoms with Gasteiger partial charge < -0.3 is 10.2 Å². The Morgan fingerprint density at radius 2 is 1.68 bits per heavy atom. The van der Waals surface area contributed by atoms with Crippen molar-refractivity contribution in [3.63, 3.8) is 0 Å². The van der Waals surface area contributed by atoms with Crippen LogP contribution in [0.3, 0.4) is 0 Å². The first kappa shape index (κ1) is 21.2. The van der Waals surface area contributed by atoms with Crippen molar-refractivity contribution in [1.82, 2.24) is 0 Å². The molecule has 140 valence electrons. The van der Waals surface area contributed by atoms with E-state index < -0.39 is 12.0 Å². The molecule has 1 aromatic carbocycles. The predicted molar refractivity (Wildman–Crippen MR) is 104 cm³/mol. The van der Waals surface area contributed by atoms with Crippen LogP contribution in [-0.4, -0.2) is 28.4 Å². The van der Waals surface area contributed by atoms with Crippen LogP contribution < -0.4 is 0 Å². The Morgan fingerprint density at radius 3 is 2.08 bits per heavy atom. The Labute approximate surface area is 152 Å². The molecule has 0 saturated heterocycles. The molecule has 4 nitrogen and oxygen atoms in total. The average Bonchev–Trinajstić information content (AvgIpc) is 2.41. The molecule has 0 aliphatic rings. The second kappa shape index (κ2) is 7.59. The largest absolute Gasteiger partial charge is 0.507 e. The summed E-state index contributed by atoms with van der Waals surface area (Å²) in [6.45, 7) is 16.4. The van der Waals surface area contributed by atoms with E-state index in [1.807, 2.05) is 46.8 Å². The van der Waals surface area contributed by atoms with Crippen LogP contribution in [0, 0.1) is 5.92 Å². The number of phenols is 1. The number of rotatable bonds is 5. The minimum atomic E-state index is -0.938. The number of aliphatic carboxylic acids is 1. The zero-order valence-electron chi connectivity index (χ0n) is 16.8. The number of aromatic hydroxyl groups is 1. The number of carboxylic acids is 1. The van der Waals surface area contributed by atoms with Crippen LogP contribution in [0.5, 0.6) is 5.75 Å². The third-order valence-electron chi connectivity index (χ3n) is 4.19. The Balaban J connectivity index is 3.43. The monoisotopic (exact) mass is 347 g/mol. The van der Waals surface area contributed by atoms with E-state index >= 15 is 0 Å². The zero-order valence-corrected chi connectivity index (χ0v) is 16.8. The van der Waals surface area contributed by atoms with Crippen LogP contribution in [0.2, 0.25) is 0 Å². The van der Waals surface area contributed by atoms with Gasteiger partial charge in [-0.25, -0.2) is 4.79 Å². The molecule has 0 aliphatic heterocycles. The van der Waals surface area contributed by atoms with Gasteiger partial charge in [-0.05, 0) is 34.8 Å². The maximum atomic E-state index is 11.4. The molecule has 0 bridgehead atoms. The number of benzene rings is 1. The van der Waals surface area contributed by atoms with E-state index in [1.165, 1.54) is 6.21 Å². The van der Waals surface area contributed by atoms with Crippen LogP contribution >= 0.6 is 0 Å². The molecule has 2 N–H and O–H groups in total. The fourth-order valence-electron chi connectivity index (χ4n) is 2.60. The molecule has 25 heavy (non-hydrogen) atoms. The molecule has 0 aliphatic carbocycles. The van der Waals surface area contributed by atoms with E-state index in [4.69, 9.17) is 0 Å². The van der Waals surface area contributed by atoms with Crippen LogP contribution in [0.4, 0.5) is 0 Å². The predicted octanol–water partition coefficient (Wildman–Crippen LogP) is 4.91. The normalized spacial score (nSPS) is 14.3. The van der Waals surface area contributed by atoms with Gasteiger partial charge in [0.1, 0.15) is 11.8 Å². The lowest BCUT2D eigenvalue weighted by Gasteiger charge is -2.27. The van der Waals surface area contributed by atoms with Crippen molar-refractivity contribution in [3.05, 3.63) is 28.8 Å². The van der Waals surface area contributed by atoms with Gasteiger partial charge in [0.15, 0.2) is 0 Å². The summed E-state index contributed by atoms with van der Waals surface area (Å²) in [6.07, 6.45) is 1.98. The van der Waals surface area contributed by atoms with E-state index in [0.717, 1.165) is 11.1 Å². The van der Waals surface area contributed by atoms with Crippen LogP contribution in [0.1, 0.15) is 78.5 Å². The molecule has 0 heterocycles. The second-order valence-corrected chi connectivity index (χ2v) is 9.22. The third-order valence-corrected chi connectivity index (χ3v) is 4.19. The highest BCUT2D eigenvalue weighted by molar-refractivity contribution is 5.87. The zero-order chi connectivity index (χ0) is 19.6. The lowest BCUT2D eigenvalue weighted by atomic mass is 9.79. The highest BCUT2D eigenvalue weighted by Crippen LogP contribution is 2.37. The quantitative estimate of drug-likeness (QED) is 0.744. The highest BCUT2D eigenvalue weighted by Gasteiger charge is 2.25. The van der Waals surface area contributed by atoms with E-state index in [1.54, 1.807) is 0 Å². The summed E-state index contributed by atoms with van der Waals surface area (Å²) in [6, 6.07) is 3.15. The molecule has 0 saturated carbocycles. The van der Waals surface area contributed by atoms with Gasteiger partial charge in [-0.2, -0.15) is 0 Å². The van der Waals surface area contributed by atoms with Crippen molar-refractivity contribution < 1.29 is 15.0 Å². The third kappa shape index (κ3) is 5.87. The average molecular weight is 347 g/mol. The van der Waals surface area contributed by atoms with Gasteiger partial charge in [-0.1, -0.05) is 61.5 Å². The topological polar surface area (TPSA) is 69.9 Å². The van der Waals surface area contributed by atoms with Crippen LogP contribution in [0.25, 0.3) is 0 Å². The smallest absolute Gasteiger partial charge is 0.328 e. The summed E-state index contributed by atoms with van der Waals surface area (Å²) in [7, 11) is 0. The maximum Gasteiger partial charge on any atom is 0.328 e. The molecule has 0 spiro atoms. The molecule has 0 amide bonds. The fourth-order valence-corrected chi connectivity index (χ4v) is 2.60. The van der Waals surface area contributed by atoms with Crippen molar-refractivity contribution in [2.24, 2.45) is 10.9 Å². The first-order valence-corrected chi connectivity index (χ1v) is 8.87. The summed E-state index contributed by atoms with van der Waals surface area (Å²) >= 11 is 0. The van der Waals surface area contributed by atoms with E-state index in [0.29, 0.717) is 12.0 Å². The second-order valence-electron chi connectivity index (χ2n) is 9.22. The summed E-state index contributed by atoms with van der Waals surface area (Å²) in [5.74, 6) is -0.525. The van der Waals surface area contributed by atoms with Crippen molar-refractivity contribution >= 4 is 12.2 Å². The standard InChI is InChI=1S/C21H33NO3/c1-13(2)9-17(19(24)25)22-12-14-10-15(20(3,4)5)11-16(18(14)23)21(6,7)8/h10-13,17,23H,9H2,1-8H3,(H,24,25)/t17-/m0/s1. The Morgan fingerprint density at radius 1 is 1.12 bits per heavy atom. The van der Waals surface area contributed by atoms with Crippen molar-refractivity contribution in [1.29, 1.82) is 0 Å². The molecular formula is C21H33NO3. The van der Waals surface area contributed by atoms with E-state index in [9.17, 15) is 15.0 Å². The summed E-state index contributed by atoms with van der Waals surface area (Å²) in [4.78, 5) is 15.7. The van der Waals surface area contributed by atoms with Crippen molar-refractivity contribution in [2.45, 2.75) is 78.7 Å². The van der Waals surface area contributed by atoms with Crippen LogP contribution in [-0.2, 0) is 15.6 Å². The number of hydrogen-bond donors (Lipinski definition) is 2. The number of aliphatic imine (C=N–C) groups is 1. The molecule has 0 unspecified atom stereocenters. The fraction of sp³-hybridized carbons (Fsp3) is 0.619.